The minimum absolute atomic E-state index is 0.0374. The van der Waals surface area contributed by atoms with Gasteiger partial charge in [-0.3, -0.25) is 19.5 Å². The molecule has 54 heavy (non-hydrogen) atoms. The number of thiazole rings is 1. The molecule has 1 aromatic rings. The van der Waals surface area contributed by atoms with Crippen molar-refractivity contribution in [1.29, 1.82) is 0 Å². The molecule has 0 radical (unpaired) electrons. The fraction of sp³-hybridized carbons (Fsp3) is 0.677. The van der Waals surface area contributed by atoms with Crippen molar-refractivity contribution in [1.82, 2.24) is 24.8 Å². The number of rotatable bonds is 12. The first-order valence-corrected chi connectivity index (χ1v) is 18.7. The summed E-state index contributed by atoms with van der Waals surface area (Å²) in [6.45, 7) is 16.5. The Morgan fingerprint density at radius 3 is 2.09 bits per heavy atom. The van der Waals surface area contributed by atoms with Gasteiger partial charge < -0.3 is 39.3 Å². The molecule has 2 aliphatic rings. The summed E-state index contributed by atoms with van der Waals surface area (Å²) >= 11 is 0.860. The third kappa shape index (κ3) is 12.4. The van der Waals surface area contributed by atoms with Crippen molar-refractivity contribution < 1.29 is 65.5 Å². The first kappa shape index (κ1) is 43.6. The number of carbonyl (C=O) groups excluding carboxylic acids is 6. The van der Waals surface area contributed by atoms with Gasteiger partial charge >= 0.3 is 34.6 Å². The number of ether oxygens (including phenoxy) is 4. The number of aromatic nitrogens is 1. The van der Waals surface area contributed by atoms with Gasteiger partial charge in [0.25, 0.3) is 11.8 Å². The van der Waals surface area contributed by atoms with Crippen LogP contribution in [-0.4, -0.2) is 129 Å². The molecular formula is C31H47N7O14S2. The maximum Gasteiger partial charge on any atom is 0.413 e. The predicted molar refractivity (Wildman–Crippen MR) is 190 cm³/mol. The Bertz CT molecular complexity index is 1770. The van der Waals surface area contributed by atoms with E-state index in [9.17, 15) is 41.7 Å². The lowest BCUT2D eigenvalue weighted by atomic mass is 9.97. The van der Waals surface area contributed by atoms with E-state index in [1.807, 2.05) is 0 Å². The van der Waals surface area contributed by atoms with Gasteiger partial charge in [0.05, 0.1) is 19.1 Å². The summed E-state index contributed by atoms with van der Waals surface area (Å²) in [4.78, 5) is 87.5. The maximum atomic E-state index is 13.8. The normalized spacial score (nSPS) is 19.7. The van der Waals surface area contributed by atoms with Crippen molar-refractivity contribution in [3.8, 4) is 0 Å². The topological polar surface area (TPSA) is 271 Å². The van der Waals surface area contributed by atoms with Crippen LogP contribution < -0.4 is 16.0 Å². The van der Waals surface area contributed by atoms with Crippen molar-refractivity contribution in [3.63, 3.8) is 0 Å². The van der Waals surface area contributed by atoms with E-state index < -0.39 is 99.2 Å². The number of cyclic esters (lactones) is 1. The van der Waals surface area contributed by atoms with Crippen LogP contribution in [0.4, 0.5) is 19.5 Å². The Labute approximate surface area is 316 Å². The highest BCUT2D eigenvalue weighted by molar-refractivity contribution is 7.84. The molecule has 2 aliphatic heterocycles. The Hall–Kier alpha value is -4.77. The smallest absolute Gasteiger partial charge is 0.413 e. The number of nitrogens with zero attached hydrogens (tertiary/aromatic N) is 4. The number of amides is 5. The zero-order valence-corrected chi connectivity index (χ0v) is 33.4. The molecule has 0 aromatic carbocycles. The molecule has 0 aliphatic carbocycles. The minimum Gasteiger partial charge on any atom is -0.457 e. The molecule has 23 heteroatoms. The molecule has 5 amide bonds. The van der Waals surface area contributed by atoms with E-state index in [1.54, 1.807) is 62.3 Å². The van der Waals surface area contributed by atoms with E-state index in [0.29, 0.717) is 0 Å². The second kappa shape index (κ2) is 15.9. The number of nitrogens with one attached hydrogen (secondary N) is 3. The number of carbonyl (C=O) groups is 6. The van der Waals surface area contributed by atoms with Crippen molar-refractivity contribution >= 4 is 68.5 Å². The van der Waals surface area contributed by atoms with Crippen LogP contribution in [0.1, 0.15) is 81.9 Å². The van der Waals surface area contributed by atoms with Gasteiger partial charge in [0.15, 0.2) is 10.8 Å². The van der Waals surface area contributed by atoms with Crippen LogP contribution in [-0.2, 0) is 48.5 Å². The van der Waals surface area contributed by atoms with E-state index in [0.717, 1.165) is 16.2 Å². The molecule has 1 unspecified atom stereocenters. The number of oxime groups is 1. The molecule has 2 fully saturated rings. The van der Waals surface area contributed by atoms with Gasteiger partial charge in [0, 0.05) is 11.9 Å². The van der Waals surface area contributed by atoms with E-state index in [1.165, 1.54) is 19.2 Å². The van der Waals surface area contributed by atoms with E-state index >= 15 is 0 Å². The molecule has 3 heterocycles. The average molecular weight is 806 g/mol. The summed E-state index contributed by atoms with van der Waals surface area (Å²) in [7, 11) is -5.18. The van der Waals surface area contributed by atoms with E-state index in [2.05, 4.69) is 26.1 Å². The average Bonchev–Trinajstić information content (AvgIpc) is 3.56. The lowest BCUT2D eigenvalue weighted by molar-refractivity contribution is -0.179. The molecule has 3 rings (SSSR count). The monoisotopic (exact) mass is 805 g/mol. The van der Waals surface area contributed by atoms with Gasteiger partial charge in [-0.15, -0.1) is 11.3 Å². The maximum absolute atomic E-state index is 13.8. The van der Waals surface area contributed by atoms with Crippen molar-refractivity contribution in [2.24, 2.45) is 5.16 Å². The highest BCUT2D eigenvalue weighted by atomic mass is 32.2. The minimum atomic E-state index is -5.18. The van der Waals surface area contributed by atoms with E-state index in [-0.39, 0.29) is 28.2 Å². The quantitative estimate of drug-likeness (QED) is 0.0589. The van der Waals surface area contributed by atoms with Gasteiger partial charge in [-0.25, -0.2) is 28.5 Å². The van der Waals surface area contributed by atoms with Crippen LogP contribution in [0.25, 0.3) is 0 Å². The summed E-state index contributed by atoms with van der Waals surface area (Å²) < 4.78 is 55.3. The predicted octanol–water partition coefficient (Wildman–Crippen LogP) is 2.18. The summed E-state index contributed by atoms with van der Waals surface area (Å²) in [6.07, 6.45) is -3.46. The zero-order chi connectivity index (χ0) is 41.2. The van der Waals surface area contributed by atoms with Crippen LogP contribution in [0, 0.1) is 0 Å². The van der Waals surface area contributed by atoms with Crippen molar-refractivity contribution in [2.75, 3.05) is 25.0 Å². The van der Waals surface area contributed by atoms with E-state index in [4.69, 9.17) is 23.8 Å². The number of esters is 1. The molecule has 3 atom stereocenters. The van der Waals surface area contributed by atoms with Crippen LogP contribution in [0.5, 0.6) is 0 Å². The number of alkyl carbamates (subject to hydrolysis) is 1. The molecule has 0 spiro atoms. The number of hydrogen-bond acceptors (Lipinski definition) is 16. The second-order valence-electron chi connectivity index (χ2n) is 15.6. The molecular weight excluding hydrogens is 759 g/mol. The van der Waals surface area contributed by atoms with Crippen LogP contribution in [0.3, 0.4) is 0 Å². The molecule has 0 bridgehead atoms. The molecule has 2 saturated heterocycles. The SMILES string of the molecule is CC(C)(C)OC(=O)NCC1CN(C[C@@H]2[C@H](NC(=O)/C(=N\OC(C)(C)C(=O)OC(C)(C)C)c3csc(NC(=O)OC(C)(C)C)n3)C(=O)N2S(=O)(=O)O)C(=O)O1. The fourth-order valence-corrected chi connectivity index (χ4v) is 6.10. The zero-order valence-electron chi connectivity index (χ0n) is 31.8. The Balaban J connectivity index is 1.87. The fourth-order valence-electron chi connectivity index (χ4n) is 4.55. The van der Waals surface area contributed by atoms with Gasteiger partial charge in [-0.2, -0.15) is 8.42 Å². The lowest BCUT2D eigenvalue weighted by Gasteiger charge is -2.45. The van der Waals surface area contributed by atoms with Crippen LogP contribution in [0.15, 0.2) is 10.5 Å². The van der Waals surface area contributed by atoms with Gasteiger partial charge in [-0.1, -0.05) is 5.16 Å². The van der Waals surface area contributed by atoms with Crippen molar-refractivity contribution in [2.45, 2.75) is 117 Å². The van der Waals surface area contributed by atoms with Gasteiger partial charge in [-0.05, 0) is 76.2 Å². The number of hydrogen-bond donors (Lipinski definition) is 4. The summed E-state index contributed by atoms with van der Waals surface area (Å²) in [5.74, 6) is -3.27. The van der Waals surface area contributed by atoms with Crippen LogP contribution >= 0.6 is 11.3 Å². The van der Waals surface area contributed by atoms with Gasteiger partial charge in [0.2, 0.25) is 5.60 Å². The van der Waals surface area contributed by atoms with Crippen LogP contribution in [0.2, 0.25) is 0 Å². The summed E-state index contributed by atoms with van der Waals surface area (Å²) in [5.41, 5.74) is -5.14. The Morgan fingerprint density at radius 2 is 1.54 bits per heavy atom. The Kier molecular flexibility index (Phi) is 12.9. The number of anilines is 1. The third-order valence-electron chi connectivity index (χ3n) is 6.76. The highest BCUT2D eigenvalue weighted by Gasteiger charge is 2.56. The first-order chi connectivity index (χ1) is 24.5. The Morgan fingerprint density at radius 1 is 0.963 bits per heavy atom. The third-order valence-corrected chi connectivity index (χ3v) is 8.47. The molecule has 4 N–H and O–H groups in total. The molecule has 1 aromatic heterocycles. The number of β-lactam (4-membered cyclic amide) rings is 1. The molecule has 0 saturated carbocycles. The second-order valence-corrected chi connectivity index (χ2v) is 17.8. The largest absolute Gasteiger partial charge is 0.457 e. The summed E-state index contributed by atoms with van der Waals surface area (Å²) in [5, 5.41) is 12.3. The highest BCUT2D eigenvalue weighted by Crippen LogP contribution is 2.27. The van der Waals surface area contributed by atoms with Crippen molar-refractivity contribution in [3.05, 3.63) is 11.1 Å². The molecule has 302 valence electrons. The summed E-state index contributed by atoms with van der Waals surface area (Å²) in [6, 6.07) is -3.20. The first-order valence-electron chi connectivity index (χ1n) is 16.5. The lowest BCUT2D eigenvalue weighted by Crippen LogP contribution is -2.74. The van der Waals surface area contributed by atoms with Gasteiger partial charge in [0.1, 0.15) is 34.6 Å². The molecule has 21 nitrogen and oxygen atoms in total. The standard InChI is InChI=1S/C31H47N7O14S2/c1-28(2,3)49-23(41)31(10,11)52-36-19(17-15-53-24(33-17)35-26(43)51-30(7,8)9)21(39)34-20-18(38(22(20)40)54(45,46)47)14-37-13-16(48-27(37)44)12-32-25(42)50-29(4,5)6/h15-16,18,20H,12-14H2,1-11H3,(H,32,42)(H,34,39)(H,33,35,43)(H,45,46,47)/b36-19-/t16?,18-,20+/m1/s1.